The summed E-state index contributed by atoms with van der Waals surface area (Å²) in [4.78, 5) is 23.7. The van der Waals surface area contributed by atoms with Crippen LogP contribution in [0.4, 0.5) is 5.82 Å². The predicted molar refractivity (Wildman–Crippen MR) is 113 cm³/mol. The molecule has 0 aliphatic carbocycles. The highest BCUT2D eigenvalue weighted by Gasteiger charge is 2.15. The van der Waals surface area contributed by atoms with Crippen LogP contribution in [0, 0.1) is 0 Å². The van der Waals surface area contributed by atoms with Crippen LogP contribution in [-0.2, 0) is 6.54 Å². The van der Waals surface area contributed by atoms with Crippen molar-refractivity contribution in [2.24, 2.45) is 0 Å². The van der Waals surface area contributed by atoms with E-state index in [9.17, 15) is 4.79 Å². The molecule has 0 unspecified atom stereocenters. The Morgan fingerprint density at radius 2 is 1.86 bits per heavy atom. The van der Waals surface area contributed by atoms with Gasteiger partial charge in [0.15, 0.2) is 0 Å². The first-order valence-corrected chi connectivity index (χ1v) is 9.81. The summed E-state index contributed by atoms with van der Waals surface area (Å²) < 4.78 is 5.16. The third-order valence-corrected chi connectivity index (χ3v) is 5.12. The van der Waals surface area contributed by atoms with Crippen LogP contribution in [0.15, 0.2) is 60.9 Å². The molecule has 1 N–H and O–H groups in total. The zero-order valence-electron chi connectivity index (χ0n) is 16.5. The quantitative estimate of drug-likeness (QED) is 0.698. The van der Waals surface area contributed by atoms with Gasteiger partial charge in [-0.15, -0.1) is 0 Å². The van der Waals surface area contributed by atoms with Crippen LogP contribution in [0.5, 0.6) is 5.75 Å². The monoisotopic (exact) mass is 388 g/mol. The average molecular weight is 388 g/mol. The fourth-order valence-corrected chi connectivity index (χ4v) is 3.47. The van der Waals surface area contributed by atoms with Gasteiger partial charge in [0.25, 0.3) is 5.91 Å². The molecule has 0 saturated carbocycles. The van der Waals surface area contributed by atoms with Crippen molar-refractivity contribution in [3.63, 3.8) is 0 Å². The van der Waals surface area contributed by atoms with Gasteiger partial charge in [0, 0.05) is 36.8 Å². The minimum atomic E-state index is -0.114. The van der Waals surface area contributed by atoms with E-state index < -0.39 is 0 Å². The van der Waals surface area contributed by atoms with Crippen molar-refractivity contribution in [3.05, 3.63) is 72.1 Å². The Hall–Kier alpha value is -3.41. The summed E-state index contributed by atoms with van der Waals surface area (Å²) in [6.45, 7) is 2.52. The van der Waals surface area contributed by atoms with Crippen molar-refractivity contribution in [1.29, 1.82) is 0 Å². The standard InChI is InChI=1S/C23H24N4O2/c1-29-20-9-7-17(8-10-20)15-24-23(28)19-6-4-5-18(13-19)21-14-22(26-16-25-21)27-11-2-3-12-27/h4-10,13-14,16H,2-3,11-12,15H2,1H3,(H,24,28). The van der Waals surface area contributed by atoms with Crippen molar-refractivity contribution in [1.82, 2.24) is 15.3 Å². The molecule has 1 aromatic heterocycles. The molecular formula is C23H24N4O2. The molecule has 1 saturated heterocycles. The highest BCUT2D eigenvalue weighted by molar-refractivity contribution is 5.95. The molecule has 1 aliphatic rings. The Bertz CT molecular complexity index is 982. The molecule has 2 heterocycles. The normalized spacial score (nSPS) is 13.3. The number of amides is 1. The van der Waals surface area contributed by atoms with Gasteiger partial charge >= 0.3 is 0 Å². The van der Waals surface area contributed by atoms with Gasteiger partial charge in [-0.2, -0.15) is 0 Å². The fourth-order valence-electron chi connectivity index (χ4n) is 3.47. The minimum Gasteiger partial charge on any atom is -0.497 e. The van der Waals surface area contributed by atoms with Gasteiger partial charge in [0.1, 0.15) is 17.9 Å². The summed E-state index contributed by atoms with van der Waals surface area (Å²) in [5, 5.41) is 2.97. The maximum absolute atomic E-state index is 12.6. The number of ether oxygens (including phenoxy) is 1. The number of carbonyl (C=O) groups is 1. The van der Waals surface area contributed by atoms with Crippen LogP contribution in [0.3, 0.4) is 0 Å². The van der Waals surface area contributed by atoms with E-state index in [1.54, 1.807) is 13.4 Å². The van der Waals surface area contributed by atoms with Crippen molar-refractivity contribution < 1.29 is 9.53 Å². The zero-order chi connectivity index (χ0) is 20.1. The molecule has 4 rings (SSSR count). The maximum atomic E-state index is 12.6. The van der Waals surface area contributed by atoms with E-state index >= 15 is 0 Å². The van der Waals surface area contributed by atoms with Gasteiger partial charge in [0.2, 0.25) is 0 Å². The molecule has 1 amide bonds. The highest BCUT2D eigenvalue weighted by atomic mass is 16.5. The zero-order valence-corrected chi connectivity index (χ0v) is 16.5. The lowest BCUT2D eigenvalue weighted by Gasteiger charge is -2.16. The molecule has 148 valence electrons. The number of hydrogen-bond acceptors (Lipinski definition) is 5. The van der Waals surface area contributed by atoms with Crippen LogP contribution in [-0.4, -0.2) is 36.1 Å². The van der Waals surface area contributed by atoms with E-state index in [1.165, 1.54) is 12.8 Å². The van der Waals surface area contributed by atoms with Crippen LogP contribution in [0.25, 0.3) is 11.3 Å². The minimum absolute atomic E-state index is 0.114. The van der Waals surface area contributed by atoms with E-state index in [-0.39, 0.29) is 5.91 Å². The first kappa shape index (κ1) is 18.9. The molecule has 6 heteroatoms. The van der Waals surface area contributed by atoms with Crippen molar-refractivity contribution in [2.75, 3.05) is 25.1 Å². The molecule has 0 radical (unpaired) electrons. The lowest BCUT2D eigenvalue weighted by Crippen LogP contribution is -2.22. The Morgan fingerprint density at radius 3 is 2.62 bits per heavy atom. The summed E-state index contributed by atoms with van der Waals surface area (Å²) in [6.07, 6.45) is 3.99. The number of nitrogens with zero attached hydrogens (tertiary/aromatic N) is 3. The third-order valence-electron chi connectivity index (χ3n) is 5.12. The first-order valence-electron chi connectivity index (χ1n) is 9.81. The molecule has 6 nitrogen and oxygen atoms in total. The van der Waals surface area contributed by atoms with Crippen LogP contribution in [0.2, 0.25) is 0 Å². The molecule has 1 aliphatic heterocycles. The number of hydrogen-bond donors (Lipinski definition) is 1. The SMILES string of the molecule is COc1ccc(CNC(=O)c2cccc(-c3cc(N4CCCC4)ncn3)c2)cc1. The van der Waals surface area contributed by atoms with Crippen LogP contribution >= 0.6 is 0 Å². The maximum Gasteiger partial charge on any atom is 0.251 e. The fraction of sp³-hybridized carbons (Fsp3) is 0.261. The number of carbonyl (C=O) groups excluding carboxylic acids is 1. The van der Waals surface area contributed by atoms with Gasteiger partial charge in [-0.05, 0) is 42.7 Å². The number of anilines is 1. The molecule has 2 aromatic carbocycles. The highest BCUT2D eigenvalue weighted by Crippen LogP contribution is 2.24. The summed E-state index contributed by atoms with van der Waals surface area (Å²) in [5.74, 6) is 1.63. The molecule has 1 fully saturated rings. The number of nitrogens with one attached hydrogen (secondary N) is 1. The lowest BCUT2D eigenvalue weighted by molar-refractivity contribution is 0.0951. The number of methoxy groups -OCH3 is 1. The molecule has 0 atom stereocenters. The second-order valence-corrected chi connectivity index (χ2v) is 7.07. The molecular weight excluding hydrogens is 364 g/mol. The van der Waals surface area contributed by atoms with E-state index in [4.69, 9.17) is 4.74 Å². The summed E-state index contributed by atoms with van der Waals surface area (Å²) in [5.41, 5.74) is 3.36. The molecule has 3 aromatic rings. The second kappa shape index (κ2) is 8.73. The Balaban J connectivity index is 1.46. The summed E-state index contributed by atoms with van der Waals surface area (Å²) in [6, 6.07) is 17.2. The molecule has 0 bridgehead atoms. The average Bonchev–Trinajstić information content (AvgIpc) is 3.33. The predicted octanol–water partition coefficient (Wildman–Crippen LogP) is 3.68. The van der Waals surface area contributed by atoms with Gasteiger partial charge in [0.05, 0.1) is 12.8 Å². The van der Waals surface area contributed by atoms with Crippen molar-refractivity contribution in [3.8, 4) is 17.0 Å². The van der Waals surface area contributed by atoms with Gasteiger partial charge in [-0.25, -0.2) is 9.97 Å². The van der Waals surface area contributed by atoms with E-state index in [2.05, 4.69) is 20.2 Å². The molecule has 29 heavy (non-hydrogen) atoms. The third kappa shape index (κ3) is 4.54. The van der Waals surface area contributed by atoms with E-state index in [1.807, 2.05) is 54.6 Å². The van der Waals surface area contributed by atoms with Gasteiger partial charge in [-0.1, -0.05) is 24.3 Å². The summed E-state index contributed by atoms with van der Waals surface area (Å²) >= 11 is 0. The smallest absolute Gasteiger partial charge is 0.251 e. The Kier molecular flexibility index (Phi) is 5.70. The van der Waals surface area contributed by atoms with Crippen LogP contribution in [0.1, 0.15) is 28.8 Å². The van der Waals surface area contributed by atoms with Gasteiger partial charge < -0.3 is 15.0 Å². The Morgan fingerprint density at radius 1 is 1.07 bits per heavy atom. The van der Waals surface area contributed by atoms with Crippen molar-refractivity contribution >= 4 is 11.7 Å². The first-order chi connectivity index (χ1) is 14.2. The molecule has 0 spiro atoms. The number of benzene rings is 2. The van der Waals surface area contributed by atoms with E-state index in [0.29, 0.717) is 12.1 Å². The topological polar surface area (TPSA) is 67.3 Å². The van der Waals surface area contributed by atoms with Gasteiger partial charge in [-0.3, -0.25) is 4.79 Å². The number of rotatable bonds is 6. The van der Waals surface area contributed by atoms with E-state index in [0.717, 1.165) is 41.5 Å². The largest absolute Gasteiger partial charge is 0.497 e. The lowest BCUT2D eigenvalue weighted by atomic mass is 10.1. The Labute approximate surface area is 170 Å². The number of aromatic nitrogens is 2. The second-order valence-electron chi connectivity index (χ2n) is 7.07. The van der Waals surface area contributed by atoms with Crippen molar-refractivity contribution in [2.45, 2.75) is 19.4 Å². The summed E-state index contributed by atoms with van der Waals surface area (Å²) in [7, 11) is 1.63. The van der Waals surface area contributed by atoms with Crippen LogP contribution < -0.4 is 15.0 Å².